The smallest absolute Gasteiger partial charge is 0.141 e. The summed E-state index contributed by atoms with van der Waals surface area (Å²) in [7, 11) is 0. The first kappa shape index (κ1) is 11.0. The molecule has 1 aliphatic rings. The first-order valence-corrected chi connectivity index (χ1v) is 6.51. The van der Waals surface area contributed by atoms with E-state index >= 15 is 0 Å². The topological polar surface area (TPSA) is 41.6 Å². The second kappa shape index (κ2) is 4.07. The minimum Gasteiger partial charge on any atom is -0.319 e. The Balaban J connectivity index is 1.88. The molecule has 2 heterocycles. The predicted octanol–water partition coefficient (Wildman–Crippen LogP) is 3.45. The van der Waals surface area contributed by atoms with Crippen LogP contribution in [0.5, 0.6) is 0 Å². The third-order valence-corrected chi connectivity index (χ3v) is 3.73. The van der Waals surface area contributed by atoms with Crippen molar-refractivity contribution in [2.24, 2.45) is 0 Å². The highest BCUT2D eigenvalue weighted by atomic mass is 15.1. The second-order valence-electron chi connectivity index (χ2n) is 4.90. The van der Waals surface area contributed by atoms with Gasteiger partial charge < -0.3 is 4.57 Å². The van der Waals surface area contributed by atoms with Crippen LogP contribution in [0.15, 0.2) is 54.7 Å². The van der Waals surface area contributed by atoms with Gasteiger partial charge in [0, 0.05) is 11.1 Å². The van der Waals surface area contributed by atoms with Gasteiger partial charge >= 0.3 is 0 Å². The fraction of sp³-hybridized carbons (Fsp3) is 0.0588. The van der Waals surface area contributed by atoms with Gasteiger partial charge in [0.25, 0.3) is 0 Å². The molecule has 4 rings (SSSR count). The monoisotopic (exact) mass is 257 g/mol. The molecule has 0 atom stereocenters. The Bertz CT molecular complexity index is 853. The SMILES string of the molecule is N#Cc1cccc(-c2cnc3n2Cc2ccccc2-3)c1. The Kier molecular flexibility index (Phi) is 2.24. The van der Waals surface area contributed by atoms with E-state index < -0.39 is 0 Å². The highest BCUT2D eigenvalue weighted by Gasteiger charge is 2.22. The van der Waals surface area contributed by atoms with Gasteiger partial charge in [-0.3, -0.25) is 0 Å². The zero-order chi connectivity index (χ0) is 13.5. The highest BCUT2D eigenvalue weighted by Crippen LogP contribution is 2.35. The molecule has 3 nitrogen and oxygen atoms in total. The molecule has 0 aliphatic carbocycles. The summed E-state index contributed by atoms with van der Waals surface area (Å²) in [6, 6.07) is 18.2. The van der Waals surface area contributed by atoms with Gasteiger partial charge in [0.05, 0.1) is 30.1 Å². The maximum atomic E-state index is 9.02. The van der Waals surface area contributed by atoms with E-state index in [1.165, 1.54) is 11.1 Å². The van der Waals surface area contributed by atoms with Crippen LogP contribution in [0.4, 0.5) is 0 Å². The minimum absolute atomic E-state index is 0.675. The summed E-state index contributed by atoms with van der Waals surface area (Å²) >= 11 is 0. The summed E-state index contributed by atoms with van der Waals surface area (Å²) < 4.78 is 2.21. The van der Waals surface area contributed by atoms with Gasteiger partial charge in [-0.2, -0.15) is 5.26 Å². The van der Waals surface area contributed by atoms with E-state index in [-0.39, 0.29) is 0 Å². The molecule has 0 saturated heterocycles. The normalized spacial score (nSPS) is 11.8. The van der Waals surface area contributed by atoms with Crippen molar-refractivity contribution in [3.8, 4) is 28.7 Å². The number of nitriles is 1. The molecule has 2 aromatic carbocycles. The Morgan fingerprint density at radius 2 is 2.00 bits per heavy atom. The molecule has 94 valence electrons. The fourth-order valence-electron chi connectivity index (χ4n) is 2.78. The maximum absolute atomic E-state index is 9.02. The molecule has 0 spiro atoms. The molecule has 0 N–H and O–H groups in total. The quantitative estimate of drug-likeness (QED) is 0.524. The number of rotatable bonds is 1. The molecule has 0 fully saturated rings. The average Bonchev–Trinajstić information content (AvgIpc) is 3.06. The molecule has 0 saturated carbocycles. The number of hydrogen-bond donors (Lipinski definition) is 0. The first-order chi connectivity index (χ1) is 9.86. The van der Waals surface area contributed by atoms with Crippen molar-refractivity contribution in [3.63, 3.8) is 0 Å². The van der Waals surface area contributed by atoms with Crippen molar-refractivity contribution in [1.29, 1.82) is 5.26 Å². The van der Waals surface area contributed by atoms with Crippen molar-refractivity contribution in [1.82, 2.24) is 9.55 Å². The fourth-order valence-corrected chi connectivity index (χ4v) is 2.78. The van der Waals surface area contributed by atoms with Crippen LogP contribution in [0.2, 0.25) is 0 Å². The summed E-state index contributed by atoms with van der Waals surface area (Å²) in [5.41, 5.74) is 5.28. The molecule has 0 bridgehead atoms. The maximum Gasteiger partial charge on any atom is 0.141 e. The second-order valence-corrected chi connectivity index (χ2v) is 4.90. The highest BCUT2D eigenvalue weighted by molar-refractivity contribution is 5.72. The number of nitrogens with zero attached hydrogens (tertiary/aromatic N) is 3. The zero-order valence-electron chi connectivity index (χ0n) is 10.7. The van der Waals surface area contributed by atoms with Gasteiger partial charge in [0.1, 0.15) is 5.82 Å². The summed E-state index contributed by atoms with van der Waals surface area (Å²) in [6.45, 7) is 0.845. The number of fused-ring (bicyclic) bond motifs is 3. The molecular weight excluding hydrogens is 246 g/mol. The van der Waals surface area contributed by atoms with Crippen molar-refractivity contribution >= 4 is 0 Å². The molecule has 1 aliphatic heterocycles. The Hall–Kier alpha value is -2.86. The van der Waals surface area contributed by atoms with E-state index in [0.717, 1.165) is 23.6 Å². The molecule has 3 aromatic rings. The lowest BCUT2D eigenvalue weighted by Crippen LogP contribution is -1.96. The van der Waals surface area contributed by atoms with Crippen molar-refractivity contribution < 1.29 is 0 Å². The van der Waals surface area contributed by atoms with Gasteiger partial charge in [-0.1, -0.05) is 36.4 Å². The number of hydrogen-bond acceptors (Lipinski definition) is 2. The van der Waals surface area contributed by atoms with Crippen LogP contribution < -0.4 is 0 Å². The Morgan fingerprint density at radius 1 is 1.10 bits per heavy atom. The van der Waals surface area contributed by atoms with Gasteiger partial charge in [-0.15, -0.1) is 0 Å². The van der Waals surface area contributed by atoms with E-state index in [1.807, 2.05) is 36.5 Å². The lowest BCUT2D eigenvalue weighted by atomic mass is 10.1. The van der Waals surface area contributed by atoms with Crippen molar-refractivity contribution in [3.05, 3.63) is 65.9 Å². The molecule has 0 radical (unpaired) electrons. The molecule has 0 unspecified atom stereocenters. The van der Waals surface area contributed by atoms with Gasteiger partial charge in [-0.05, 0) is 17.7 Å². The van der Waals surface area contributed by atoms with E-state index in [9.17, 15) is 0 Å². The predicted molar refractivity (Wildman–Crippen MR) is 76.9 cm³/mol. The van der Waals surface area contributed by atoms with Crippen molar-refractivity contribution in [2.45, 2.75) is 6.54 Å². The minimum atomic E-state index is 0.675. The van der Waals surface area contributed by atoms with Gasteiger partial charge in [0.2, 0.25) is 0 Å². The standard InChI is InChI=1S/C17H11N3/c18-9-12-4-3-6-13(8-12)16-10-19-17-15-7-2-1-5-14(15)11-20(16)17/h1-8,10H,11H2. The van der Waals surface area contributed by atoms with Crippen LogP contribution in [0.3, 0.4) is 0 Å². The lowest BCUT2D eigenvalue weighted by molar-refractivity contribution is 0.856. The first-order valence-electron chi connectivity index (χ1n) is 6.51. The third kappa shape index (κ3) is 1.49. The van der Waals surface area contributed by atoms with E-state index in [2.05, 4.69) is 33.8 Å². The molecular formula is C17H11N3. The Labute approximate surface area is 116 Å². The van der Waals surface area contributed by atoms with E-state index in [0.29, 0.717) is 5.56 Å². The van der Waals surface area contributed by atoms with E-state index in [1.54, 1.807) is 0 Å². The van der Waals surface area contributed by atoms with Crippen LogP contribution >= 0.6 is 0 Å². The van der Waals surface area contributed by atoms with Gasteiger partial charge in [0.15, 0.2) is 0 Å². The third-order valence-electron chi connectivity index (χ3n) is 3.73. The number of imidazole rings is 1. The molecule has 20 heavy (non-hydrogen) atoms. The van der Waals surface area contributed by atoms with Crippen LogP contribution in [-0.4, -0.2) is 9.55 Å². The van der Waals surface area contributed by atoms with Crippen LogP contribution in [0, 0.1) is 11.3 Å². The number of benzene rings is 2. The molecule has 1 aromatic heterocycles. The van der Waals surface area contributed by atoms with Crippen LogP contribution in [0.1, 0.15) is 11.1 Å². The molecule has 0 amide bonds. The summed E-state index contributed by atoms with van der Waals surface area (Å²) in [5.74, 6) is 1.01. The van der Waals surface area contributed by atoms with Gasteiger partial charge in [-0.25, -0.2) is 4.98 Å². The van der Waals surface area contributed by atoms with E-state index in [4.69, 9.17) is 5.26 Å². The summed E-state index contributed by atoms with van der Waals surface area (Å²) in [5, 5.41) is 9.02. The summed E-state index contributed by atoms with van der Waals surface area (Å²) in [6.07, 6.45) is 1.89. The van der Waals surface area contributed by atoms with Crippen LogP contribution in [0.25, 0.3) is 22.6 Å². The lowest BCUT2D eigenvalue weighted by Gasteiger charge is -2.05. The van der Waals surface area contributed by atoms with Crippen LogP contribution in [-0.2, 0) is 6.54 Å². The molecule has 3 heteroatoms. The van der Waals surface area contributed by atoms with Crippen molar-refractivity contribution in [2.75, 3.05) is 0 Å². The average molecular weight is 257 g/mol. The number of aromatic nitrogens is 2. The summed E-state index contributed by atoms with van der Waals surface area (Å²) in [4.78, 5) is 4.55. The largest absolute Gasteiger partial charge is 0.319 e. The Morgan fingerprint density at radius 3 is 2.90 bits per heavy atom. The zero-order valence-corrected chi connectivity index (χ0v) is 10.7.